The van der Waals surface area contributed by atoms with E-state index in [-0.39, 0.29) is 5.75 Å². The zero-order valence-electron chi connectivity index (χ0n) is 24.9. The first kappa shape index (κ1) is 31.2. The molecule has 0 heterocycles. The average Bonchev–Trinajstić information content (AvgIpc) is 2.96. The van der Waals surface area contributed by atoms with Crippen molar-refractivity contribution in [3.05, 3.63) is 54.4 Å². The molecule has 0 spiro atoms. The van der Waals surface area contributed by atoms with Crippen LogP contribution in [-0.2, 0) is 0 Å². The lowest BCUT2D eigenvalue weighted by Gasteiger charge is -2.33. The fourth-order valence-electron chi connectivity index (χ4n) is 7.54. The Morgan fingerprint density at radius 1 is 0.750 bits per heavy atom. The third-order valence-corrected chi connectivity index (χ3v) is 10.3. The molecule has 0 bridgehead atoms. The smallest absolute Gasteiger partial charge is 0.400 e. The molecule has 1 aromatic carbocycles. The third kappa shape index (κ3) is 10.3. The number of benzene rings is 1. The van der Waals surface area contributed by atoms with Crippen molar-refractivity contribution in [3.63, 3.8) is 0 Å². The van der Waals surface area contributed by atoms with Crippen molar-refractivity contribution in [1.29, 1.82) is 0 Å². The molecule has 3 aliphatic rings. The normalized spacial score (nSPS) is 30.2. The number of halogens is 3. The molecule has 0 aliphatic heterocycles. The summed E-state index contributed by atoms with van der Waals surface area (Å²) < 4.78 is 47.6. The maximum atomic E-state index is 14.7. The number of allylic oxidation sites excluding steroid dienone is 4. The van der Waals surface area contributed by atoms with Gasteiger partial charge in [0.1, 0.15) is 11.6 Å². The third-order valence-electron chi connectivity index (χ3n) is 10.3. The molecule has 0 atom stereocenters. The van der Waals surface area contributed by atoms with E-state index in [0.29, 0.717) is 24.7 Å². The van der Waals surface area contributed by atoms with Gasteiger partial charge < -0.3 is 4.74 Å². The van der Waals surface area contributed by atoms with E-state index in [0.717, 1.165) is 36.7 Å². The maximum Gasteiger partial charge on any atom is 0.400 e. The lowest BCUT2D eigenvalue weighted by atomic mass is 9.74. The van der Waals surface area contributed by atoms with Crippen molar-refractivity contribution in [2.75, 3.05) is 0 Å². The topological polar surface area (TPSA) is 9.23 Å². The highest BCUT2D eigenvalue weighted by Gasteiger charge is 2.43. The largest absolute Gasteiger partial charge is 0.432 e. The van der Waals surface area contributed by atoms with Crippen LogP contribution in [0.3, 0.4) is 0 Å². The number of hydrogen-bond donors (Lipinski definition) is 0. The van der Waals surface area contributed by atoms with Crippen LogP contribution in [0.5, 0.6) is 5.75 Å². The first-order valence-corrected chi connectivity index (χ1v) is 16.5. The summed E-state index contributed by atoms with van der Waals surface area (Å²) in [7, 11) is 0. The Hall–Kier alpha value is -1.71. The Bertz CT molecular complexity index is 900. The van der Waals surface area contributed by atoms with Crippen LogP contribution in [0, 0.1) is 41.3 Å². The molecule has 3 aliphatic carbocycles. The summed E-state index contributed by atoms with van der Waals surface area (Å²) in [6.07, 6.45) is 27.8. The fraction of sp³-hybridized carbons (Fsp3) is 0.722. The molecule has 40 heavy (non-hydrogen) atoms. The molecule has 0 saturated heterocycles. The molecule has 1 aromatic rings. The quantitative estimate of drug-likeness (QED) is 0.173. The second-order valence-electron chi connectivity index (χ2n) is 13.2. The van der Waals surface area contributed by atoms with Gasteiger partial charge in [-0.1, -0.05) is 81.7 Å². The van der Waals surface area contributed by atoms with Gasteiger partial charge in [0.05, 0.1) is 5.92 Å². The van der Waals surface area contributed by atoms with E-state index in [9.17, 15) is 13.2 Å². The van der Waals surface area contributed by atoms with Gasteiger partial charge >= 0.3 is 6.11 Å². The van der Waals surface area contributed by atoms with Crippen molar-refractivity contribution >= 4 is 0 Å². The van der Waals surface area contributed by atoms with Crippen molar-refractivity contribution in [1.82, 2.24) is 0 Å². The summed E-state index contributed by atoms with van der Waals surface area (Å²) in [5, 5.41) is 0. The summed E-state index contributed by atoms with van der Waals surface area (Å²) in [6.45, 7) is 2.11. The number of rotatable bonds is 13. The molecule has 1 nitrogen and oxygen atoms in total. The van der Waals surface area contributed by atoms with Gasteiger partial charge in [-0.05, 0) is 113 Å². The molecule has 3 saturated carbocycles. The van der Waals surface area contributed by atoms with Crippen LogP contribution in [-0.4, -0.2) is 6.11 Å². The van der Waals surface area contributed by atoms with E-state index in [1.165, 1.54) is 108 Å². The molecular weight excluding hydrogens is 505 g/mol. The second kappa shape index (κ2) is 16.1. The Balaban J connectivity index is 1.06. The lowest BCUT2D eigenvalue weighted by molar-refractivity contribution is -0.223. The van der Waals surface area contributed by atoms with Gasteiger partial charge in [0.2, 0.25) is 0 Å². The van der Waals surface area contributed by atoms with E-state index in [1.54, 1.807) is 0 Å². The predicted molar refractivity (Wildman–Crippen MR) is 160 cm³/mol. The average molecular weight is 559 g/mol. The summed E-state index contributed by atoms with van der Waals surface area (Å²) in [5.74, 6) is 2.45. The van der Waals surface area contributed by atoms with E-state index in [4.69, 9.17) is 4.74 Å². The summed E-state index contributed by atoms with van der Waals surface area (Å²) in [5.41, 5.74) is 0. The molecule has 0 aromatic heterocycles. The monoisotopic (exact) mass is 558 g/mol. The van der Waals surface area contributed by atoms with Crippen LogP contribution >= 0.6 is 0 Å². The van der Waals surface area contributed by atoms with E-state index in [2.05, 4.69) is 31.2 Å². The Morgan fingerprint density at radius 3 is 1.88 bits per heavy atom. The van der Waals surface area contributed by atoms with Crippen LogP contribution in [0.1, 0.15) is 122 Å². The van der Waals surface area contributed by atoms with E-state index >= 15 is 0 Å². The number of hydrogen-bond acceptors (Lipinski definition) is 1. The molecule has 0 unspecified atom stereocenters. The molecule has 0 N–H and O–H groups in total. The van der Waals surface area contributed by atoms with Crippen molar-refractivity contribution in [2.45, 2.75) is 129 Å². The van der Waals surface area contributed by atoms with Crippen LogP contribution < -0.4 is 4.74 Å². The first-order valence-electron chi connectivity index (χ1n) is 16.5. The standard InChI is InChI=1S/C36H53F3O/c1-2-3-4-5-6-8-28-11-13-29(14-12-28)15-16-30-17-19-31(20-18-30)21-22-32-23-25-33(26-24-32)36(38,39)40-35-10-7-9-34(37)27-35/h2-3,7,9-10,21-22,27-33H,4-6,8,11-20,23-26H2,1H3/b3-2+,22-21+. The van der Waals surface area contributed by atoms with Crippen LogP contribution in [0.15, 0.2) is 48.6 Å². The molecule has 0 radical (unpaired) electrons. The number of ether oxygens (including phenoxy) is 1. The lowest BCUT2D eigenvalue weighted by Crippen LogP contribution is -2.37. The van der Waals surface area contributed by atoms with Gasteiger partial charge in [-0.25, -0.2) is 4.39 Å². The molecule has 224 valence electrons. The molecular formula is C36H53F3O. The van der Waals surface area contributed by atoms with Crippen molar-refractivity contribution < 1.29 is 17.9 Å². The highest BCUT2D eigenvalue weighted by Crippen LogP contribution is 2.42. The highest BCUT2D eigenvalue weighted by molar-refractivity contribution is 5.22. The molecule has 4 heteroatoms. The summed E-state index contributed by atoms with van der Waals surface area (Å²) in [6, 6.07) is 5.05. The SMILES string of the molecule is C/C=C/CCCCC1CCC(CCC2CCC(/C=C/C3CCC(C(F)(F)Oc4cccc(F)c4)CC3)CC2)CC1. The van der Waals surface area contributed by atoms with Gasteiger partial charge in [0.25, 0.3) is 0 Å². The van der Waals surface area contributed by atoms with Crippen molar-refractivity contribution in [3.8, 4) is 5.75 Å². The zero-order valence-corrected chi connectivity index (χ0v) is 24.9. The van der Waals surface area contributed by atoms with Gasteiger partial charge in [0.15, 0.2) is 0 Å². The second-order valence-corrected chi connectivity index (χ2v) is 13.2. The number of unbranched alkanes of at least 4 members (excludes halogenated alkanes) is 2. The summed E-state index contributed by atoms with van der Waals surface area (Å²) >= 11 is 0. The summed E-state index contributed by atoms with van der Waals surface area (Å²) in [4.78, 5) is 0. The van der Waals surface area contributed by atoms with Gasteiger partial charge in [0, 0.05) is 6.07 Å². The molecule has 4 rings (SSSR count). The Labute approximate surface area is 242 Å². The van der Waals surface area contributed by atoms with Gasteiger partial charge in [-0.3, -0.25) is 0 Å². The van der Waals surface area contributed by atoms with Gasteiger partial charge in [-0.15, -0.1) is 0 Å². The van der Waals surface area contributed by atoms with E-state index in [1.807, 2.05) is 0 Å². The molecule has 0 amide bonds. The van der Waals surface area contributed by atoms with Crippen LogP contribution in [0.2, 0.25) is 0 Å². The minimum Gasteiger partial charge on any atom is -0.432 e. The Kier molecular flexibility index (Phi) is 12.5. The van der Waals surface area contributed by atoms with Crippen LogP contribution in [0.4, 0.5) is 13.2 Å². The predicted octanol–water partition coefficient (Wildman–Crippen LogP) is 11.7. The van der Waals surface area contributed by atoms with Crippen molar-refractivity contribution in [2.24, 2.45) is 35.5 Å². The minimum absolute atomic E-state index is 0.100. The zero-order chi connectivity index (χ0) is 28.2. The Morgan fingerprint density at radius 2 is 1.30 bits per heavy atom. The van der Waals surface area contributed by atoms with E-state index < -0.39 is 17.8 Å². The fourth-order valence-corrected chi connectivity index (χ4v) is 7.54. The molecule has 3 fully saturated rings. The van der Waals surface area contributed by atoms with Crippen LogP contribution in [0.25, 0.3) is 0 Å². The highest BCUT2D eigenvalue weighted by atomic mass is 19.3. The number of alkyl halides is 2. The maximum absolute atomic E-state index is 14.7. The van der Waals surface area contributed by atoms with Gasteiger partial charge in [-0.2, -0.15) is 8.78 Å². The minimum atomic E-state index is -3.26. The first-order chi connectivity index (χ1) is 19.4.